The number of carbonyl (C=O) groups excluding carboxylic acids is 1. The summed E-state index contributed by atoms with van der Waals surface area (Å²) in [7, 11) is 3.27. The fraction of sp³-hybridized carbons (Fsp3) is 0.409. The molecule has 158 valence electrons. The first-order valence-electron chi connectivity index (χ1n) is 10.1. The molecule has 8 heteroatoms. The molecule has 4 rings (SSSR count). The van der Waals surface area contributed by atoms with Gasteiger partial charge in [-0.2, -0.15) is 0 Å². The minimum atomic E-state index is 0.0885. The number of ether oxygens (including phenoxy) is 2. The van der Waals surface area contributed by atoms with Gasteiger partial charge in [-0.3, -0.25) is 4.79 Å². The van der Waals surface area contributed by atoms with Gasteiger partial charge in [-0.15, -0.1) is 11.3 Å². The molecule has 0 aliphatic carbocycles. The summed E-state index contributed by atoms with van der Waals surface area (Å²) >= 11 is 1.51. The van der Waals surface area contributed by atoms with Crippen molar-refractivity contribution in [1.82, 2.24) is 14.9 Å². The van der Waals surface area contributed by atoms with Crippen molar-refractivity contribution in [3.8, 4) is 11.5 Å². The highest BCUT2D eigenvalue weighted by molar-refractivity contribution is 7.15. The Labute approximate surface area is 180 Å². The molecule has 1 fully saturated rings. The van der Waals surface area contributed by atoms with Crippen LogP contribution in [-0.4, -0.2) is 54.6 Å². The molecule has 1 saturated heterocycles. The van der Waals surface area contributed by atoms with E-state index in [9.17, 15) is 4.79 Å². The van der Waals surface area contributed by atoms with Crippen LogP contribution in [0.3, 0.4) is 0 Å². The van der Waals surface area contributed by atoms with Crippen LogP contribution in [0.5, 0.6) is 11.5 Å². The summed E-state index contributed by atoms with van der Waals surface area (Å²) in [6, 6.07) is 5.93. The third-order valence-electron chi connectivity index (χ3n) is 5.41. The molecular weight excluding hydrogens is 400 g/mol. The molecule has 7 nitrogen and oxygen atoms in total. The fourth-order valence-corrected chi connectivity index (χ4v) is 4.92. The Morgan fingerprint density at radius 2 is 1.93 bits per heavy atom. The first kappa shape index (κ1) is 20.4. The molecule has 1 N–H and O–H groups in total. The number of rotatable bonds is 7. The lowest BCUT2D eigenvalue weighted by molar-refractivity contribution is 0.0799. The topological polar surface area (TPSA) is 76.6 Å². The molecule has 1 amide bonds. The number of thiophene rings is 1. The molecule has 3 heterocycles. The number of hydrogen-bond donors (Lipinski definition) is 1. The number of amides is 1. The molecule has 1 aliphatic rings. The lowest BCUT2D eigenvalue weighted by Gasteiger charge is -2.14. The number of hydrogen-bond acceptors (Lipinski definition) is 7. The minimum absolute atomic E-state index is 0.0885. The van der Waals surface area contributed by atoms with Gasteiger partial charge in [0.15, 0.2) is 11.5 Å². The fourth-order valence-electron chi connectivity index (χ4n) is 3.85. The van der Waals surface area contributed by atoms with Crippen LogP contribution in [0.2, 0.25) is 0 Å². The van der Waals surface area contributed by atoms with Gasteiger partial charge in [0.2, 0.25) is 0 Å². The van der Waals surface area contributed by atoms with E-state index >= 15 is 0 Å². The largest absolute Gasteiger partial charge is 0.493 e. The number of likely N-dealkylation sites (tertiary alicyclic amines) is 1. The van der Waals surface area contributed by atoms with Crippen LogP contribution in [-0.2, 0) is 6.42 Å². The highest BCUT2D eigenvalue weighted by Gasteiger charge is 2.25. The summed E-state index contributed by atoms with van der Waals surface area (Å²) in [6.07, 6.45) is 4.49. The predicted octanol–water partition coefficient (Wildman–Crippen LogP) is 3.91. The maximum absolute atomic E-state index is 12.9. The standard InChI is InChI=1S/C22H26N4O3S/c1-14-18-19(20(30-14)22(27)26-10-4-5-11-26)24-13-25-21(18)23-9-8-15-6-7-16(28-2)17(12-15)29-3/h6-7,12-13H,4-5,8-11H2,1-3H3,(H,23,24,25). The SMILES string of the molecule is COc1ccc(CCNc2ncnc3c(C(=O)N4CCCC4)sc(C)c23)cc1OC. The zero-order chi connectivity index (χ0) is 21.1. The number of nitrogens with zero attached hydrogens (tertiary/aromatic N) is 3. The third-order valence-corrected chi connectivity index (χ3v) is 6.49. The van der Waals surface area contributed by atoms with E-state index in [0.717, 1.165) is 75.9 Å². The van der Waals surface area contributed by atoms with Crippen molar-refractivity contribution in [2.24, 2.45) is 0 Å². The van der Waals surface area contributed by atoms with Crippen LogP contribution in [0.25, 0.3) is 10.9 Å². The molecule has 1 aliphatic heterocycles. The van der Waals surface area contributed by atoms with Gasteiger partial charge < -0.3 is 19.7 Å². The molecule has 0 radical (unpaired) electrons. The molecular formula is C22H26N4O3S. The van der Waals surface area contributed by atoms with E-state index in [0.29, 0.717) is 6.54 Å². The average molecular weight is 427 g/mol. The van der Waals surface area contributed by atoms with Crippen LogP contribution in [0.1, 0.15) is 33.0 Å². The first-order chi connectivity index (χ1) is 14.6. The lowest BCUT2D eigenvalue weighted by atomic mass is 10.1. The van der Waals surface area contributed by atoms with Crippen LogP contribution >= 0.6 is 11.3 Å². The van der Waals surface area contributed by atoms with Crippen LogP contribution in [0.15, 0.2) is 24.5 Å². The Kier molecular flexibility index (Phi) is 6.03. The summed E-state index contributed by atoms with van der Waals surface area (Å²) < 4.78 is 10.7. The van der Waals surface area contributed by atoms with E-state index in [1.165, 1.54) is 17.7 Å². The number of nitrogens with one attached hydrogen (secondary N) is 1. The van der Waals surface area contributed by atoms with Gasteiger partial charge in [-0.1, -0.05) is 6.07 Å². The van der Waals surface area contributed by atoms with Gasteiger partial charge in [0.05, 0.1) is 25.1 Å². The summed E-state index contributed by atoms with van der Waals surface area (Å²) in [5.41, 5.74) is 1.88. The first-order valence-corrected chi connectivity index (χ1v) is 10.9. The van der Waals surface area contributed by atoms with Gasteiger partial charge in [-0.05, 0) is 43.9 Å². The van der Waals surface area contributed by atoms with Crippen molar-refractivity contribution in [2.75, 3.05) is 39.2 Å². The second-order valence-electron chi connectivity index (χ2n) is 7.30. The Balaban J connectivity index is 1.52. The number of fused-ring (bicyclic) bond motifs is 1. The van der Waals surface area contributed by atoms with Crippen LogP contribution in [0.4, 0.5) is 5.82 Å². The van der Waals surface area contributed by atoms with Gasteiger partial charge >= 0.3 is 0 Å². The van der Waals surface area contributed by atoms with Crippen molar-refractivity contribution in [3.05, 3.63) is 39.8 Å². The van der Waals surface area contributed by atoms with Crippen molar-refractivity contribution >= 4 is 34.0 Å². The van der Waals surface area contributed by atoms with E-state index in [1.54, 1.807) is 14.2 Å². The van der Waals surface area contributed by atoms with Gasteiger partial charge in [-0.25, -0.2) is 9.97 Å². The maximum atomic E-state index is 12.9. The maximum Gasteiger partial charge on any atom is 0.266 e. The lowest BCUT2D eigenvalue weighted by Crippen LogP contribution is -2.27. The second-order valence-corrected chi connectivity index (χ2v) is 8.52. The average Bonchev–Trinajstić information content (AvgIpc) is 3.42. The van der Waals surface area contributed by atoms with E-state index in [4.69, 9.17) is 9.47 Å². The summed E-state index contributed by atoms with van der Waals surface area (Å²) in [5, 5.41) is 4.37. The Morgan fingerprint density at radius 1 is 1.17 bits per heavy atom. The van der Waals surface area contributed by atoms with Crippen molar-refractivity contribution < 1.29 is 14.3 Å². The Morgan fingerprint density at radius 3 is 2.67 bits per heavy atom. The summed E-state index contributed by atoms with van der Waals surface area (Å²) in [6.45, 7) is 4.39. The Bertz CT molecular complexity index is 1060. The molecule has 2 aromatic heterocycles. The number of aromatic nitrogens is 2. The van der Waals surface area contributed by atoms with Gasteiger partial charge in [0.25, 0.3) is 5.91 Å². The van der Waals surface area contributed by atoms with Gasteiger partial charge in [0, 0.05) is 24.5 Å². The van der Waals surface area contributed by atoms with E-state index in [2.05, 4.69) is 15.3 Å². The van der Waals surface area contributed by atoms with Crippen molar-refractivity contribution in [3.63, 3.8) is 0 Å². The van der Waals surface area contributed by atoms with Crippen LogP contribution < -0.4 is 14.8 Å². The minimum Gasteiger partial charge on any atom is -0.493 e. The number of benzene rings is 1. The predicted molar refractivity (Wildman–Crippen MR) is 119 cm³/mol. The zero-order valence-corrected chi connectivity index (χ0v) is 18.3. The zero-order valence-electron chi connectivity index (χ0n) is 17.5. The molecule has 3 aromatic rings. The van der Waals surface area contributed by atoms with E-state index in [1.807, 2.05) is 30.0 Å². The molecule has 0 atom stereocenters. The van der Waals surface area contributed by atoms with Gasteiger partial charge in [0.1, 0.15) is 17.0 Å². The summed E-state index contributed by atoms with van der Waals surface area (Å²) in [4.78, 5) is 25.5. The molecule has 0 saturated carbocycles. The molecule has 1 aromatic carbocycles. The number of carbonyl (C=O) groups is 1. The monoisotopic (exact) mass is 426 g/mol. The molecule has 0 bridgehead atoms. The van der Waals surface area contributed by atoms with Crippen molar-refractivity contribution in [2.45, 2.75) is 26.2 Å². The van der Waals surface area contributed by atoms with Crippen molar-refractivity contribution in [1.29, 1.82) is 0 Å². The number of aryl methyl sites for hydroxylation is 1. The highest BCUT2D eigenvalue weighted by atomic mass is 32.1. The quantitative estimate of drug-likeness (QED) is 0.617. The molecule has 30 heavy (non-hydrogen) atoms. The number of anilines is 1. The van der Waals surface area contributed by atoms with Crippen LogP contribution in [0, 0.1) is 6.92 Å². The highest BCUT2D eigenvalue weighted by Crippen LogP contribution is 2.34. The second kappa shape index (κ2) is 8.87. The number of methoxy groups -OCH3 is 2. The van der Waals surface area contributed by atoms with E-state index < -0.39 is 0 Å². The Hall–Kier alpha value is -2.87. The third kappa shape index (κ3) is 3.92. The molecule has 0 unspecified atom stereocenters. The van der Waals surface area contributed by atoms with E-state index in [-0.39, 0.29) is 5.91 Å². The normalized spacial score (nSPS) is 13.6. The smallest absolute Gasteiger partial charge is 0.266 e. The molecule has 0 spiro atoms. The summed E-state index contributed by atoms with van der Waals surface area (Å²) in [5.74, 6) is 2.30.